The quantitative estimate of drug-likeness (QED) is 0.575. The van der Waals surface area contributed by atoms with Crippen LogP contribution in [-0.4, -0.2) is 18.6 Å². The fourth-order valence-electron chi connectivity index (χ4n) is 0.629. The van der Waals surface area contributed by atoms with Crippen LogP contribution in [0.5, 0.6) is 0 Å². The molecule has 54 valence electrons. The maximum atomic E-state index is 12.0. The number of ether oxygens (including phenoxy) is 1. The third-order valence-corrected chi connectivity index (χ3v) is 1.29. The summed E-state index contributed by atoms with van der Waals surface area (Å²) in [4.78, 5) is 0. The first-order valence-electron chi connectivity index (χ1n) is 3.16. The van der Waals surface area contributed by atoms with Crippen molar-refractivity contribution in [3.05, 3.63) is 0 Å². The van der Waals surface area contributed by atoms with Gasteiger partial charge in [-0.1, -0.05) is 6.92 Å². The highest BCUT2D eigenvalue weighted by molar-refractivity contribution is 4.96. The van der Waals surface area contributed by atoms with Crippen LogP contribution in [0.1, 0.15) is 19.8 Å². The summed E-state index contributed by atoms with van der Waals surface area (Å²) >= 11 is 0. The van der Waals surface area contributed by atoms with E-state index in [-0.39, 0.29) is 6.42 Å². The first kappa shape index (κ1) is 6.93. The molecule has 9 heavy (non-hydrogen) atoms. The zero-order chi connectivity index (χ0) is 6.91. The summed E-state index contributed by atoms with van der Waals surface area (Å²) in [6.45, 7) is 2.36. The minimum atomic E-state index is -2.50. The van der Waals surface area contributed by atoms with Crippen LogP contribution in [0.25, 0.3) is 0 Å². The molecule has 1 saturated carbocycles. The normalized spacial score (nSPS) is 30.3. The van der Waals surface area contributed by atoms with Gasteiger partial charge in [-0.2, -0.15) is 0 Å². The average Bonchev–Trinajstić information content (AvgIpc) is 2.35. The Hall–Kier alpha value is -0.180. The second kappa shape index (κ2) is 2.21. The van der Waals surface area contributed by atoms with Gasteiger partial charge in [0.05, 0.1) is 0 Å². The van der Waals surface area contributed by atoms with Gasteiger partial charge in [-0.05, 0) is 6.42 Å². The Morgan fingerprint density at radius 1 is 1.67 bits per heavy atom. The molecule has 0 aromatic heterocycles. The molecule has 0 heterocycles. The second-order valence-corrected chi connectivity index (χ2v) is 2.32. The van der Waals surface area contributed by atoms with E-state index in [4.69, 9.17) is 4.74 Å². The highest BCUT2D eigenvalue weighted by Gasteiger charge is 2.58. The topological polar surface area (TPSA) is 9.23 Å². The lowest BCUT2D eigenvalue weighted by Crippen LogP contribution is -2.04. The fraction of sp³-hybridized carbons (Fsp3) is 1.00. The number of rotatable bonds is 3. The number of alkyl halides is 2. The Kier molecular flexibility index (Phi) is 1.70. The molecule has 0 aromatic carbocycles. The van der Waals surface area contributed by atoms with Gasteiger partial charge < -0.3 is 4.74 Å². The molecule has 0 saturated heterocycles. The minimum absolute atomic E-state index is 0.0764. The molecular formula is C6H10F2O. The third-order valence-electron chi connectivity index (χ3n) is 1.29. The number of hydrogen-bond acceptors (Lipinski definition) is 1. The smallest absolute Gasteiger partial charge is 0.276 e. The van der Waals surface area contributed by atoms with Crippen molar-refractivity contribution in [1.82, 2.24) is 0 Å². The van der Waals surface area contributed by atoms with E-state index in [1.165, 1.54) is 0 Å². The Morgan fingerprint density at radius 2 is 2.22 bits per heavy atom. The molecule has 0 amide bonds. The molecule has 0 aromatic rings. The zero-order valence-electron chi connectivity index (χ0n) is 5.36. The molecule has 0 N–H and O–H groups in total. The van der Waals surface area contributed by atoms with Crippen LogP contribution in [0.15, 0.2) is 0 Å². The molecular weight excluding hydrogens is 126 g/mol. The lowest BCUT2D eigenvalue weighted by molar-refractivity contribution is 0.0135. The highest BCUT2D eigenvalue weighted by Crippen LogP contribution is 2.44. The largest absolute Gasteiger partial charge is 0.372 e. The summed E-state index contributed by atoms with van der Waals surface area (Å²) in [5, 5.41) is 0. The summed E-state index contributed by atoms with van der Waals surface area (Å²) in [6.07, 6.45) is -0.0306. The molecule has 1 aliphatic carbocycles. The molecule has 0 aliphatic heterocycles. The molecule has 0 radical (unpaired) electrons. The molecule has 1 fully saturated rings. The van der Waals surface area contributed by atoms with Crippen molar-refractivity contribution >= 4 is 0 Å². The van der Waals surface area contributed by atoms with Crippen LogP contribution in [-0.2, 0) is 4.74 Å². The van der Waals surface area contributed by atoms with Gasteiger partial charge in [-0.3, -0.25) is 0 Å². The lowest BCUT2D eigenvalue weighted by Gasteiger charge is -1.97. The van der Waals surface area contributed by atoms with Crippen LogP contribution in [0.3, 0.4) is 0 Å². The zero-order valence-corrected chi connectivity index (χ0v) is 5.36. The van der Waals surface area contributed by atoms with Crippen molar-refractivity contribution in [2.45, 2.75) is 31.8 Å². The predicted molar refractivity (Wildman–Crippen MR) is 29.6 cm³/mol. The number of hydrogen-bond donors (Lipinski definition) is 0. The summed E-state index contributed by atoms with van der Waals surface area (Å²) < 4.78 is 28.8. The summed E-state index contributed by atoms with van der Waals surface area (Å²) in [6, 6.07) is 0. The van der Waals surface area contributed by atoms with E-state index in [1.54, 1.807) is 0 Å². The lowest BCUT2D eigenvalue weighted by atomic mass is 10.5. The molecule has 1 nitrogen and oxygen atoms in total. The van der Waals surface area contributed by atoms with Crippen LogP contribution in [0.4, 0.5) is 8.78 Å². The van der Waals surface area contributed by atoms with E-state index in [2.05, 4.69) is 0 Å². The molecule has 3 heteroatoms. The van der Waals surface area contributed by atoms with Gasteiger partial charge in [0.25, 0.3) is 5.92 Å². The van der Waals surface area contributed by atoms with Gasteiger partial charge in [0.1, 0.15) is 6.10 Å². The van der Waals surface area contributed by atoms with Crippen molar-refractivity contribution in [3.8, 4) is 0 Å². The van der Waals surface area contributed by atoms with Gasteiger partial charge in [0.2, 0.25) is 0 Å². The Balaban J connectivity index is 2.06. The van der Waals surface area contributed by atoms with Crippen LogP contribution >= 0.6 is 0 Å². The maximum Gasteiger partial charge on any atom is 0.276 e. The van der Waals surface area contributed by atoms with Gasteiger partial charge in [0, 0.05) is 13.0 Å². The fourth-order valence-corrected chi connectivity index (χ4v) is 0.629. The monoisotopic (exact) mass is 136 g/mol. The van der Waals surface area contributed by atoms with E-state index in [0.29, 0.717) is 6.61 Å². The van der Waals surface area contributed by atoms with E-state index >= 15 is 0 Å². The van der Waals surface area contributed by atoms with E-state index in [9.17, 15) is 8.78 Å². The average molecular weight is 136 g/mol. The van der Waals surface area contributed by atoms with E-state index < -0.39 is 12.0 Å². The Morgan fingerprint density at radius 3 is 2.56 bits per heavy atom. The SMILES string of the molecule is CCCOC1CC1(F)F. The van der Waals surface area contributed by atoms with Crippen LogP contribution < -0.4 is 0 Å². The minimum Gasteiger partial charge on any atom is -0.372 e. The van der Waals surface area contributed by atoms with Crippen LogP contribution in [0.2, 0.25) is 0 Å². The van der Waals surface area contributed by atoms with Gasteiger partial charge in [0.15, 0.2) is 0 Å². The summed E-state index contributed by atoms with van der Waals surface area (Å²) in [5.74, 6) is -2.50. The third kappa shape index (κ3) is 1.61. The standard InChI is InChI=1S/C6H10F2O/c1-2-3-9-5-4-6(5,7)8/h5H,2-4H2,1H3. The molecule has 1 rings (SSSR count). The van der Waals surface area contributed by atoms with Crippen molar-refractivity contribution < 1.29 is 13.5 Å². The summed E-state index contributed by atoms with van der Waals surface area (Å²) in [7, 11) is 0. The molecule has 1 atom stereocenters. The Bertz CT molecular complexity index is 103. The van der Waals surface area contributed by atoms with Gasteiger partial charge >= 0.3 is 0 Å². The predicted octanol–water partition coefficient (Wildman–Crippen LogP) is 1.82. The van der Waals surface area contributed by atoms with Crippen molar-refractivity contribution in [1.29, 1.82) is 0 Å². The molecule has 1 unspecified atom stereocenters. The second-order valence-electron chi connectivity index (χ2n) is 2.32. The molecule has 1 aliphatic rings. The van der Waals surface area contributed by atoms with Crippen molar-refractivity contribution in [2.75, 3.05) is 6.61 Å². The van der Waals surface area contributed by atoms with Crippen molar-refractivity contribution in [3.63, 3.8) is 0 Å². The first-order valence-corrected chi connectivity index (χ1v) is 3.16. The van der Waals surface area contributed by atoms with Gasteiger partial charge in [-0.15, -0.1) is 0 Å². The number of halogens is 2. The molecule has 0 bridgehead atoms. The van der Waals surface area contributed by atoms with Crippen LogP contribution in [0, 0.1) is 0 Å². The van der Waals surface area contributed by atoms with E-state index in [0.717, 1.165) is 6.42 Å². The first-order chi connectivity index (χ1) is 4.17. The van der Waals surface area contributed by atoms with Crippen molar-refractivity contribution in [2.24, 2.45) is 0 Å². The Labute approximate surface area is 53.0 Å². The van der Waals surface area contributed by atoms with E-state index in [1.807, 2.05) is 6.92 Å². The maximum absolute atomic E-state index is 12.0. The van der Waals surface area contributed by atoms with Gasteiger partial charge in [-0.25, -0.2) is 8.78 Å². The summed E-state index contributed by atoms with van der Waals surface area (Å²) in [5.41, 5.74) is 0. The molecule has 0 spiro atoms. The highest BCUT2D eigenvalue weighted by atomic mass is 19.3.